The Bertz CT molecular complexity index is 235. The third-order valence-corrected chi connectivity index (χ3v) is 1.35. The van der Waals surface area contributed by atoms with Gasteiger partial charge in [0.05, 0.1) is 0 Å². The summed E-state index contributed by atoms with van der Waals surface area (Å²) in [7, 11) is 0. The summed E-state index contributed by atoms with van der Waals surface area (Å²) in [5.74, 6) is 0.176. The normalized spacial score (nSPS) is 9.70. The van der Waals surface area contributed by atoms with Crippen molar-refractivity contribution in [1.29, 1.82) is 0 Å². The minimum atomic E-state index is 0.176. The molecule has 1 aromatic carbocycles. The van der Waals surface area contributed by atoms with Crippen molar-refractivity contribution in [2.45, 2.75) is 6.54 Å². The molecule has 0 aliphatic heterocycles. The van der Waals surface area contributed by atoms with Gasteiger partial charge in [0.2, 0.25) is 0 Å². The molecule has 0 aliphatic carbocycles. The summed E-state index contributed by atoms with van der Waals surface area (Å²) in [6, 6.07) is 4.77. The summed E-state index contributed by atoms with van der Waals surface area (Å²) < 4.78 is 0. The van der Waals surface area contributed by atoms with Crippen molar-refractivity contribution in [2.24, 2.45) is 5.73 Å². The minimum absolute atomic E-state index is 0.176. The van der Waals surface area contributed by atoms with Crippen molar-refractivity contribution in [3.05, 3.63) is 23.8 Å². The SMILES string of the molecule is NCc1ccc(O)cc1N. The number of benzene rings is 1. The van der Waals surface area contributed by atoms with E-state index < -0.39 is 0 Å². The van der Waals surface area contributed by atoms with Crippen LogP contribution >= 0.6 is 0 Å². The number of hydrogen-bond donors (Lipinski definition) is 3. The smallest absolute Gasteiger partial charge is 0.117 e. The molecule has 0 aromatic heterocycles. The second kappa shape index (κ2) is 2.58. The Kier molecular flexibility index (Phi) is 1.78. The molecule has 1 rings (SSSR count). The first-order chi connectivity index (χ1) is 4.74. The van der Waals surface area contributed by atoms with E-state index in [0.29, 0.717) is 12.2 Å². The quantitative estimate of drug-likeness (QED) is 0.493. The molecule has 3 heteroatoms. The van der Waals surface area contributed by atoms with Crippen LogP contribution in [0.4, 0.5) is 5.69 Å². The van der Waals surface area contributed by atoms with E-state index in [4.69, 9.17) is 16.6 Å². The molecule has 0 saturated heterocycles. The van der Waals surface area contributed by atoms with Gasteiger partial charge < -0.3 is 16.6 Å². The molecule has 0 atom stereocenters. The second-order valence-corrected chi connectivity index (χ2v) is 2.09. The fraction of sp³-hybridized carbons (Fsp3) is 0.143. The molecular weight excluding hydrogens is 128 g/mol. The molecular formula is C7H10N2O. The predicted octanol–water partition coefficient (Wildman–Crippen LogP) is 0.433. The van der Waals surface area contributed by atoms with E-state index in [1.807, 2.05) is 0 Å². The van der Waals surface area contributed by atoms with Gasteiger partial charge in [0.25, 0.3) is 0 Å². The van der Waals surface area contributed by atoms with Crippen LogP contribution < -0.4 is 11.5 Å². The molecule has 0 heterocycles. The molecule has 0 saturated carbocycles. The maximum absolute atomic E-state index is 8.91. The van der Waals surface area contributed by atoms with Gasteiger partial charge in [0, 0.05) is 18.3 Å². The van der Waals surface area contributed by atoms with Crippen molar-refractivity contribution in [3.8, 4) is 5.75 Å². The topological polar surface area (TPSA) is 72.3 Å². The summed E-state index contributed by atoms with van der Waals surface area (Å²) in [6.45, 7) is 0.409. The van der Waals surface area contributed by atoms with Crippen LogP contribution in [0, 0.1) is 0 Å². The summed E-state index contributed by atoms with van der Waals surface area (Å²) in [5.41, 5.74) is 12.2. The third kappa shape index (κ3) is 1.19. The first kappa shape index (κ1) is 6.89. The maximum Gasteiger partial charge on any atom is 0.117 e. The summed E-state index contributed by atoms with van der Waals surface area (Å²) in [5, 5.41) is 8.91. The van der Waals surface area contributed by atoms with Crippen molar-refractivity contribution in [2.75, 3.05) is 5.73 Å². The van der Waals surface area contributed by atoms with Crippen LogP contribution in [0.15, 0.2) is 18.2 Å². The molecule has 0 amide bonds. The summed E-state index contributed by atoms with van der Waals surface area (Å²) in [6.07, 6.45) is 0. The molecule has 0 unspecified atom stereocenters. The zero-order chi connectivity index (χ0) is 7.56. The van der Waals surface area contributed by atoms with Crippen molar-refractivity contribution in [3.63, 3.8) is 0 Å². The van der Waals surface area contributed by atoms with Gasteiger partial charge in [-0.1, -0.05) is 6.07 Å². The number of phenols is 1. The Morgan fingerprint density at radius 2 is 2.10 bits per heavy atom. The highest BCUT2D eigenvalue weighted by Gasteiger charge is 1.95. The fourth-order valence-corrected chi connectivity index (χ4v) is 0.768. The number of nitrogen functional groups attached to an aromatic ring is 1. The lowest BCUT2D eigenvalue weighted by Crippen LogP contribution is -2.00. The first-order valence-corrected chi connectivity index (χ1v) is 3.01. The predicted molar refractivity (Wildman–Crippen MR) is 40.4 cm³/mol. The Morgan fingerprint density at radius 1 is 1.40 bits per heavy atom. The van der Waals surface area contributed by atoms with Crippen LogP contribution in [-0.2, 0) is 6.54 Å². The van der Waals surface area contributed by atoms with Crippen LogP contribution in [-0.4, -0.2) is 5.11 Å². The van der Waals surface area contributed by atoms with Gasteiger partial charge in [0.1, 0.15) is 5.75 Å². The van der Waals surface area contributed by atoms with Crippen molar-refractivity contribution < 1.29 is 5.11 Å². The molecule has 0 fully saturated rings. The monoisotopic (exact) mass is 138 g/mol. The summed E-state index contributed by atoms with van der Waals surface area (Å²) in [4.78, 5) is 0. The number of anilines is 1. The Balaban J connectivity index is 3.07. The van der Waals surface area contributed by atoms with E-state index in [0.717, 1.165) is 5.56 Å². The molecule has 0 bridgehead atoms. The first-order valence-electron chi connectivity index (χ1n) is 3.01. The van der Waals surface area contributed by atoms with E-state index in [1.165, 1.54) is 6.07 Å². The number of phenolic OH excluding ortho intramolecular Hbond substituents is 1. The second-order valence-electron chi connectivity index (χ2n) is 2.09. The molecule has 10 heavy (non-hydrogen) atoms. The van der Waals surface area contributed by atoms with Crippen LogP contribution in [0.3, 0.4) is 0 Å². The maximum atomic E-state index is 8.91. The van der Waals surface area contributed by atoms with Crippen LogP contribution in [0.2, 0.25) is 0 Å². The van der Waals surface area contributed by atoms with Crippen LogP contribution in [0.5, 0.6) is 5.75 Å². The molecule has 0 aliphatic rings. The standard InChI is InChI=1S/C7H10N2O/c8-4-5-1-2-6(10)3-7(5)9/h1-3,10H,4,8-9H2. The number of rotatable bonds is 1. The van der Waals surface area contributed by atoms with Gasteiger partial charge in [-0.25, -0.2) is 0 Å². The van der Waals surface area contributed by atoms with Gasteiger partial charge in [-0.2, -0.15) is 0 Å². The van der Waals surface area contributed by atoms with Gasteiger partial charge in [-0.05, 0) is 11.6 Å². The largest absolute Gasteiger partial charge is 0.508 e. The Labute approximate surface area is 59.3 Å². The van der Waals surface area contributed by atoms with Gasteiger partial charge >= 0.3 is 0 Å². The number of hydrogen-bond acceptors (Lipinski definition) is 3. The number of nitrogens with two attached hydrogens (primary N) is 2. The Hall–Kier alpha value is -1.22. The van der Waals surface area contributed by atoms with Gasteiger partial charge in [-0.3, -0.25) is 0 Å². The highest BCUT2D eigenvalue weighted by molar-refractivity contribution is 5.50. The lowest BCUT2D eigenvalue weighted by atomic mass is 10.2. The molecule has 0 radical (unpaired) electrons. The fourth-order valence-electron chi connectivity index (χ4n) is 0.768. The lowest BCUT2D eigenvalue weighted by Gasteiger charge is -2.01. The van der Waals surface area contributed by atoms with E-state index in [9.17, 15) is 0 Å². The van der Waals surface area contributed by atoms with Gasteiger partial charge in [0.15, 0.2) is 0 Å². The van der Waals surface area contributed by atoms with E-state index in [2.05, 4.69) is 0 Å². The zero-order valence-corrected chi connectivity index (χ0v) is 5.54. The number of aromatic hydroxyl groups is 1. The van der Waals surface area contributed by atoms with Crippen molar-refractivity contribution >= 4 is 5.69 Å². The van der Waals surface area contributed by atoms with Crippen LogP contribution in [0.25, 0.3) is 0 Å². The Morgan fingerprint density at radius 3 is 2.60 bits per heavy atom. The lowest BCUT2D eigenvalue weighted by molar-refractivity contribution is 0.475. The highest BCUT2D eigenvalue weighted by atomic mass is 16.3. The average Bonchev–Trinajstić information content (AvgIpc) is 1.88. The zero-order valence-electron chi connectivity index (χ0n) is 5.54. The van der Waals surface area contributed by atoms with Crippen LogP contribution in [0.1, 0.15) is 5.56 Å². The van der Waals surface area contributed by atoms with E-state index >= 15 is 0 Å². The van der Waals surface area contributed by atoms with E-state index in [1.54, 1.807) is 12.1 Å². The summed E-state index contributed by atoms with van der Waals surface area (Å²) >= 11 is 0. The molecule has 0 spiro atoms. The highest BCUT2D eigenvalue weighted by Crippen LogP contribution is 2.17. The molecule has 1 aromatic rings. The average molecular weight is 138 g/mol. The van der Waals surface area contributed by atoms with E-state index in [-0.39, 0.29) is 5.75 Å². The minimum Gasteiger partial charge on any atom is -0.508 e. The van der Waals surface area contributed by atoms with Gasteiger partial charge in [-0.15, -0.1) is 0 Å². The molecule has 3 nitrogen and oxygen atoms in total. The molecule has 54 valence electrons. The van der Waals surface area contributed by atoms with Crippen molar-refractivity contribution in [1.82, 2.24) is 0 Å². The molecule has 5 N–H and O–H groups in total. The third-order valence-electron chi connectivity index (χ3n) is 1.35.